The van der Waals surface area contributed by atoms with Crippen molar-refractivity contribution in [3.8, 4) is 0 Å². The third-order valence-corrected chi connectivity index (χ3v) is 0.645. The monoisotopic (exact) mass is 167 g/mol. The van der Waals surface area contributed by atoms with E-state index < -0.39 is 17.4 Å². The second kappa shape index (κ2) is 4.08. The van der Waals surface area contributed by atoms with Gasteiger partial charge in [-0.1, -0.05) is 11.6 Å². The zero-order valence-electron chi connectivity index (χ0n) is 5.13. The number of esters is 1. The fraction of sp³-hybridized carbons (Fsp3) is 0.500. The first-order valence-electron chi connectivity index (χ1n) is 2.37. The van der Waals surface area contributed by atoms with E-state index in [1.54, 1.807) is 0 Å². The molecule has 2 N–H and O–H groups in total. The van der Waals surface area contributed by atoms with Crippen molar-refractivity contribution in [2.45, 2.75) is 12.5 Å². The zero-order valence-corrected chi connectivity index (χ0v) is 5.88. The van der Waals surface area contributed by atoms with Crippen molar-refractivity contribution in [3.63, 3.8) is 0 Å². The Bertz CT molecular complexity index is 146. The summed E-state index contributed by atoms with van der Waals surface area (Å²) in [5.41, 5.74) is 0.214. The molecular formula is C4H6ClNO4. The lowest BCUT2D eigenvalue weighted by Gasteiger charge is -2.02. The first-order chi connectivity index (χ1) is 4.57. The van der Waals surface area contributed by atoms with Gasteiger partial charge in [0.15, 0.2) is 5.56 Å². The van der Waals surface area contributed by atoms with Crippen LogP contribution < -0.4 is 5.48 Å². The number of nitrogens with one attached hydrogen (secondary N) is 1. The van der Waals surface area contributed by atoms with Crippen LogP contribution in [0.25, 0.3) is 0 Å². The van der Waals surface area contributed by atoms with Crippen LogP contribution in [-0.2, 0) is 14.3 Å². The summed E-state index contributed by atoms with van der Waals surface area (Å²) >= 11 is 5.17. The molecular weight excluding hydrogens is 162 g/mol. The quantitative estimate of drug-likeness (QED) is 0.184. The van der Waals surface area contributed by atoms with E-state index in [9.17, 15) is 9.59 Å². The maximum absolute atomic E-state index is 10.3. The summed E-state index contributed by atoms with van der Waals surface area (Å²) < 4.78 is 4.16. The van der Waals surface area contributed by atoms with E-state index in [4.69, 9.17) is 16.8 Å². The van der Waals surface area contributed by atoms with Crippen LogP contribution in [0.1, 0.15) is 6.92 Å². The summed E-state index contributed by atoms with van der Waals surface area (Å²) in [6, 6.07) is 0. The average Bonchev–Trinajstić information content (AvgIpc) is 1.85. The number of amides is 1. The molecule has 0 aliphatic carbocycles. The topological polar surface area (TPSA) is 75.6 Å². The number of hydroxylamine groups is 1. The summed E-state index contributed by atoms with van der Waals surface area (Å²) in [5.74, 6) is -2.46. The van der Waals surface area contributed by atoms with Gasteiger partial charge < -0.3 is 4.74 Å². The van der Waals surface area contributed by atoms with E-state index in [0.29, 0.717) is 0 Å². The Balaban J connectivity index is 3.74. The molecule has 0 saturated carbocycles. The summed E-state index contributed by atoms with van der Waals surface area (Å²) in [6.07, 6.45) is 0. The molecule has 0 aromatic carbocycles. The van der Waals surface area contributed by atoms with Crippen molar-refractivity contribution < 1.29 is 19.5 Å². The van der Waals surface area contributed by atoms with Gasteiger partial charge in [0.25, 0.3) is 0 Å². The first-order valence-corrected chi connectivity index (χ1v) is 2.80. The van der Waals surface area contributed by atoms with Gasteiger partial charge in [0.2, 0.25) is 0 Å². The largest absolute Gasteiger partial charge is 0.439 e. The van der Waals surface area contributed by atoms with Crippen molar-refractivity contribution >= 4 is 23.5 Å². The normalized spacial score (nSPS) is 11.9. The Labute approximate surface area is 61.9 Å². The highest BCUT2D eigenvalue weighted by Gasteiger charge is 2.15. The molecule has 0 rings (SSSR count). The third kappa shape index (κ3) is 3.26. The van der Waals surface area contributed by atoms with Crippen LogP contribution in [0, 0.1) is 0 Å². The lowest BCUT2D eigenvalue weighted by Crippen LogP contribution is -2.30. The predicted molar refractivity (Wildman–Crippen MR) is 31.3 cm³/mol. The van der Waals surface area contributed by atoms with Gasteiger partial charge in [-0.3, -0.25) is 10.0 Å². The fourth-order valence-electron chi connectivity index (χ4n) is 0.247. The minimum atomic E-state index is -1.24. The van der Waals surface area contributed by atoms with E-state index in [2.05, 4.69) is 4.74 Å². The molecule has 0 bridgehead atoms. The second-order valence-electron chi connectivity index (χ2n) is 1.39. The maximum atomic E-state index is 10.3. The van der Waals surface area contributed by atoms with Crippen molar-refractivity contribution in [2.75, 3.05) is 0 Å². The summed E-state index contributed by atoms with van der Waals surface area (Å²) in [4.78, 5) is 20.5. The Hall–Kier alpha value is -0.810. The van der Waals surface area contributed by atoms with E-state index in [0.717, 1.165) is 5.48 Å². The minimum Gasteiger partial charge on any atom is -0.439 e. The molecule has 58 valence electrons. The van der Waals surface area contributed by atoms with Gasteiger partial charge in [-0.05, 0) is 6.92 Å². The molecule has 10 heavy (non-hydrogen) atoms. The molecule has 6 heteroatoms. The van der Waals surface area contributed by atoms with E-state index in [-0.39, 0.29) is 0 Å². The van der Waals surface area contributed by atoms with E-state index >= 15 is 0 Å². The van der Waals surface area contributed by atoms with Crippen LogP contribution >= 0.6 is 11.6 Å². The van der Waals surface area contributed by atoms with E-state index in [1.165, 1.54) is 6.92 Å². The number of rotatable bonds is 1. The van der Waals surface area contributed by atoms with Crippen molar-refractivity contribution in [1.82, 2.24) is 5.48 Å². The maximum Gasteiger partial charge on any atom is 0.400 e. The van der Waals surface area contributed by atoms with Crippen LogP contribution in [-0.4, -0.2) is 22.6 Å². The molecule has 0 aliphatic rings. The molecule has 0 fully saturated rings. The first kappa shape index (κ1) is 9.19. The average molecular weight is 168 g/mol. The smallest absolute Gasteiger partial charge is 0.400 e. The number of alkyl halides is 1. The van der Waals surface area contributed by atoms with Gasteiger partial charge in [-0.15, -0.1) is 0 Å². The van der Waals surface area contributed by atoms with Gasteiger partial charge >= 0.3 is 11.9 Å². The zero-order chi connectivity index (χ0) is 8.15. The molecule has 1 amide bonds. The number of carbonyl (C=O) groups is 2. The fourth-order valence-corrected chi connectivity index (χ4v) is 0.328. The van der Waals surface area contributed by atoms with Gasteiger partial charge in [-0.2, -0.15) is 0 Å². The highest BCUT2D eigenvalue weighted by molar-refractivity contribution is 6.33. The molecule has 0 radical (unpaired) electrons. The number of halogens is 1. The Kier molecular flexibility index (Phi) is 3.75. The highest BCUT2D eigenvalue weighted by Crippen LogP contribution is 1.95. The Morgan fingerprint density at radius 1 is 1.70 bits per heavy atom. The molecule has 5 nitrogen and oxygen atoms in total. The minimum absolute atomic E-state index is 0.884. The second-order valence-corrected chi connectivity index (χ2v) is 2.00. The Morgan fingerprint density at radius 2 is 2.20 bits per heavy atom. The lowest BCUT2D eigenvalue weighted by molar-refractivity contribution is -0.159. The van der Waals surface area contributed by atoms with Crippen LogP contribution in [0.15, 0.2) is 0 Å². The molecule has 0 aromatic heterocycles. The standard InChI is InChI=1S/C4H6ClNO4/c1-2(5)10-4(8)3(7)6-9/h2,9H,1H3,(H,6,7). The van der Waals surface area contributed by atoms with Gasteiger partial charge in [0, 0.05) is 0 Å². The number of ether oxygens (including phenoxy) is 1. The van der Waals surface area contributed by atoms with Crippen molar-refractivity contribution in [1.29, 1.82) is 0 Å². The van der Waals surface area contributed by atoms with Gasteiger partial charge in [0.1, 0.15) is 0 Å². The summed E-state index contributed by atoms with van der Waals surface area (Å²) in [5, 5.41) is 7.87. The predicted octanol–water partition coefficient (Wildman–Crippen LogP) is -0.380. The lowest BCUT2D eigenvalue weighted by atomic mass is 10.6. The van der Waals surface area contributed by atoms with Crippen molar-refractivity contribution in [2.24, 2.45) is 0 Å². The van der Waals surface area contributed by atoms with Crippen LogP contribution in [0.2, 0.25) is 0 Å². The SMILES string of the molecule is CC(Cl)OC(=O)C(=O)NO. The molecule has 0 heterocycles. The number of hydrogen-bond donors (Lipinski definition) is 2. The summed E-state index contributed by atoms with van der Waals surface area (Å²) in [7, 11) is 0. The van der Waals surface area contributed by atoms with Crippen LogP contribution in [0.4, 0.5) is 0 Å². The summed E-state index contributed by atoms with van der Waals surface area (Å²) in [6.45, 7) is 1.37. The Morgan fingerprint density at radius 3 is 2.50 bits per heavy atom. The molecule has 0 aromatic rings. The van der Waals surface area contributed by atoms with Crippen molar-refractivity contribution in [3.05, 3.63) is 0 Å². The van der Waals surface area contributed by atoms with E-state index in [1.807, 2.05) is 0 Å². The highest BCUT2D eigenvalue weighted by atomic mass is 35.5. The molecule has 0 spiro atoms. The molecule has 1 unspecified atom stereocenters. The number of hydrogen-bond acceptors (Lipinski definition) is 4. The molecule has 0 saturated heterocycles. The molecule has 0 aliphatic heterocycles. The third-order valence-electron chi connectivity index (χ3n) is 0.556. The van der Waals surface area contributed by atoms with Gasteiger partial charge in [-0.25, -0.2) is 10.3 Å². The van der Waals surface area contributed by atoms with Crippen LogP contribution in [0.5, 0.6) is 0 Å². The van der Waals surface area contributed by atoms with Gasteiger partial charge in [0.05, 0.1) is 0 Å². The number of carbonyl (C=O) groups excluding carboxylic acids is 2. The van der Waals surface area contributed by atoms with Crippen LogP contribution in [0.3, 0.4) is 0 Å². The molecule has 1 atom stereocenters.